The van der Waals surface area contributed by atoms with E-state index in [0.717, 1.165) is 36.3 Å². The van der Waals surface area contributed by atoms with Gasteiger partial charge in [0.1, 0.15) is 5.71 Å². The number of rotatable bonds is 8. The fraction of sp³-hybridized carbons (Fsp3) is 0.346. The highest BCUT2D eigenvalue weighted by Crippen LogP contribution is 2.37. The van der Waals surface area contributed by atoms with Gasteiger partial charge in [-0.3, -0.25) is 4.79 Å². The normalized spacial score (nSPS) is 16.8. The minimum atomic E-state index is -4.80. The van der Waals surface area contributed by atoms with Crippen LogP contribution >= 0.6 is 23.2 Å². The summed E-state index contributed by atoms with van der Waals surface area (Å²) in [6.45, 7) is 2.88. The Kier molecular flexibility index (Phi) is 9.39. The van der Waals surface area contributed by atoms with Gasteiger partial charge in [-0.15, -0.1) is 0 Å². The highest BCUT2D eigenvalue weighted by Gasteiger charge is 2.36. The third kappa shape index (κ3) is 7.80. The highest BCUT2D eigenvalue weighted by atomic mass is 35.5. The molecule has 0 saturated carbocycles. The first-order valence-corrected chi connectivity index (χ1v) is 12.1. The zero-order chi connectivity index (χ0) is 27.3. The molecule has 2 unspecified atom stereocenters. The largest absolute Gasteiger partial charge is 0.417 e. The number of carbonyl (C=O) groups excluding carboxylic acids is 2. The summed E-state index contributed by atoms with van der Waals surface area (Å²) in [7, 11) is 1.53. The first-order valence-electron chi connectivity index (χ1n) is 11.3. The van der Waals surface area contributed by atoms with Gasteiger partial charge in [-0.1, -0.05) is 40.5 Å². The topological polar surface area (TPSA) is 77.0 Å². The summed E-state index contributed by atoms with van der Waals surface area (Å²) in [5, 5.41) is 6.72. The molecule has 0 radical (unpaired) electrons. The van der Waals surface area contributed by atoms with Crippen molar-refractivity contribution in [1.29, 1.82) is 0 Å². The second kappa shape index (κ2) is 12.1. The number of carbonyl (C=O) groups is 2. The molecule has 0 fully saturated rings. The van der Waals surface area contributed by atoms with Crippen molar-refractivity contribution < 1.29 is 32.3 Å². The quantitative estimate of drug-likeness (QED) is 0.231. The fourth-order valence-electron chi connectivity index (χ4n) is 3.98. The second-order valence-corrected chi connectivity index (χ2v) is 9.47. The van der Waals surface area contributed by atoms with Gasteiger partial charge in [0.05, 0.1) is 24.1 Å². The molecule has 198 valence electrons. The minimum Gasteiger partial charge on any atom is -0.381 e. The third-order valence-electron chi connectivity index (χ3n) is 5.76. The van der Waals surface area contributed by atoms with Gasteiger partial charge < -0.3 is 14.9 Å². The Labute approximate surface area is 222 Å². The molecular weight excluding hydrogens is 532 g/mol. The number of halogens is 5. The van der Waals surface area contributed by atoms with Crippen LogP contribution in [0.25, 0.3) is 5.57 Å². The van der Waals surface area contributed by atoms with Crippen LogP contribution in [0.3, 0.4) is 0 Å². The van der Waals surface area contributed by atoms with Crippen molar-refractivity contribution in [3.8, 4) is 0 Å². The Balaban J connectivity index is 2.00. The Morgan fingerprint density at radius 3 is 2.43 bits per heavy atom. The van der Waals surface area contributed by atoms with E-state index in [1.807, 2.05) is 0 Å². The Bertz CT molecular complexity index is 1220. The number of oxime groups is 1. The maximum Gasteiger partial charge on any atom is 0.417 e. The van der Waals surface area contributed by atoms with Crippen LogP contribution in [-0.2, 0) is 25.6 Å². The monoisotopic (exact) mass is 556 g/mol. The molecule has 1 aliphatic carbocycles. The van der Waals surface area contributed by atoms with Crippen LogP contribution in [-0.4, -0.2) is 37.0 Å². The van der Waals surface area contributed by atoms with Gasteiger partial charge in [-0.2, -0.15) is 13.2 Å². The number of hydrogen-bond donors (Lipinski definition) is 1. The van der Waals surface area contributed by atoms with Crippen LogP contribution in [0, 0.1) is 0 Å². The number of benzene rings is 2. The lowest BCUT2D eigenvalue weighted by Crippen LogP contribution is -2.30. The lowest BCUT2D eigenvalue weighted by molar-refractivity contribution is -0.140. The smallest absolute Gasteiger partial charge is 0.381 e. The number of methoxy groups -OCH3 is 1. The molecular formula is C26H25Cl2F3N2O4. The van der Waals surface area contributed by atoms with Gasteiger partial charge in [0, 0.05) is 29.6 Å². The molecule has 11 heteroatoms. The number of aryl methyl sites for hydroxylation is 1. The van der Waals surface area contributed by atoms with Crippen molar-refractivity contribution in [2.75, 3.05) is 7.11 Å². The predicted octanol–water partition coefficient (Wildman–Crippen LogP) is 6.44. The summed E-state index contributed by atoms with van der Waals surface area (Å²) in [6, 6.07) is 8.33. The molecule has 6 nitrogen and oxygen atoms in total. The summed E-state index contributed by atoms with van der Waals surface area (Å²) in [5.74, 6) is -0.953. The van der Waals surface area contributed by atoms with E-state index in [-0.39, 0.29) is 45.8 Å². The molecule has 2 aromatic carbocycles. The average Bonchev–Trinajstić information content (AvgIpc) is 3.19. The molecule has 0 aliphatic heterocycles. The van der Waals surface area contributed by atoms with E-state index in [0.29, 0.717) is 18.4 Å². The van der Waals surface area contributed by atoms with E-state index < -0.39 is 17.7 Å². The van der Waals surface area contributed by atoms with Crippen molar-refractivity contribution in [2.24, 2.45) is 5.16 Å². The third-order valence-corrected chi connectivity index (χ3v) is 6.20. The van der Waals surface area contributed by atoms with Crippen molar-refractivity contribution in [3.63, 3.8) is 0 Å². The molecule has 0 saturated heterocycles. The molecule has 0 bridgehead atoms. The Morgan fingerprint density at radius 2 is 1.84 bits per heavy atom. The summed E-state index contributed by atoms with van der Waals surface area (Å²) < 4.78 is 47.4. The molecule has 2 aromatic rings. The van der Waals surface area contributed by atoms with Crippen LogP contribution in [0.15, 0.2) is 47.6 Å². The van der Waals surface area contributed by atoms with Crippen molar-refractivity contribution >= 4 is 46.4 Å². The number of hydrogen-bond acceptors (Lipinski definition) is 5. The number of amides is 1. The van der Waals surface area contributed by atoms with E-state index in [4.69, 9.17) is 32.8 Å². The standard InChI is InChI=1S/C26H25Cl2F3N2O4/c1-14(36-3)8-25(35)32-23-7-5-16-9-17(4-6-21(16)23)24(33-37-15(2)34)13-22(26(29,30)31)18-10-19(27)12-20(28)11-18/h4,6,9-14,23H,5,7-8H2,1-3H3,(H,32,35). The zero-order valence-electron chi connectivity index (χ0n) is 20.3. The maximum absolute atomic E-state index is 14.1. The zero-order valence-corrected chi connectivity index (χ0v) is 21.8. The summed E-state index contributed by atoms with van der Waals surface area (Å²) >= 11 is 11.9. The van der Waals surface area contributed by atoms with Crippen molar-refractivity contribution in [1.82, 2.24) is 5.32 Å². The maximum atomic E-state index is 14.1. The van der Waals surface area contributed by atoms with E-state index in [1.165, 1.54) is 13.2 Å². The van der Waals surface area contributed by atoms with Gasteiger partial charge in [-0.05, 0) is 66.8 Å². The predicted molar refractivity (Wildman–Crippen MR) is 136 cm³/mol. The summed E-state index contributed by atoms with van der Waals surface area (Å²) in [4.78, 5) is 28.4. The first kappa shape index (κ1) is 28.7. The fourth-order valence-corrected chi connectivity index (χ4v) is 4.50. The number of alkyl halides is 3. The molecule has 0 aromatic heterocycles. The highest BCUT2D eigenvalue weighted by molar-refractivity contribution is 6.35. The number of nitrogens with one attached hydrogen (secondary N) is 1. The lowest BCUT2D eigenvalue weighted by atomic mass is 9.98. The van der Waals surface area contributed by atoms with Gasteiger partial charge in [0.25, 0.3) is 0 Å². The van der Waals surface area contributed by atoms with Crippen LogP contribution in [0.2, 0.25) is 10.0 Å². The average molecular weight is 557 g/mol. The van der Waals surface area contributed by atoms with Crippen molar-refractivity contribution in [3.05, 3.63) is 74.8 Å². The van der Waals surface area contributed by atoms with E-state index in [2.05, 4.69) is 10.5 Å². The van der Waals surface area contributed by atoms with Gasteiger partial charge in [-0.25, -0.2) is 4.79 Å². The minimum absolute atomic E-state index is 0.0293. The molecule has 0 spiro atoms. The molecule has 1 amide bonds. The van der Waals surface area contributed by atoms with Crippen LogP contribution in [0.1, 0.15) is 55.0 Å². The molecule has 2 atom stereocenters. The SMILES string of the molecule is COC(C)CC(=O)NC1CCc2cc(C(C=C(c3cc(Cl)cc(Cl)c3)C(F)(F)F)=NOC(C)=O)ccc21. The van der Waals surface area contributed by atoms with E-state index in [1.54, 1.807) is 25.1 Å². The van der Waals surface area contributed by atoms with Crippen molar-refractivity contribution in [2.45, 2.75) is 51.4 Å². The van der Waals surface area contributed by atoms with Crippen LogP contribution in [0.4, 0.5) is 13.2 Å². The second-order valence-electron chi connectivity index (χ2n) is 8.60. The van der Waals surface area contributed by atoms with E-state index >= 15 is 0 Å². The van der Waals surface area contributed by atoms with Gasteiger partial charge in [0.15, 0.2) is 0 Å². The summed E-state index contributed by atoms with van der Waals surface area (Å²) in [5.41, 5.74) is 0.440. The van der Waals surface area contributed by atoms with Crippen LogP contribution in [0.5, 0.6) is 0 Å². The molecule has 1 aliphatic rings. The number of nitrogens with zero attached hydrogens (tertiary/aromatic N) is 1. The van der Waals surface area contributed by atoms with Gasteiger partial charge >= 0.3 is 12.1 Å². The molecule has 0 heterocycles. The summed E-state index contributed by atoms with van der Waals surface area (Å²) in [6.07, 6.45) is -2.81. The first-order chi connectivity index (χ1) is 17.4. The number of allylic oxidation sites excluding steroid dienone is 2. The lowest BCUT2D eigenvalue weighted by Gasteiger charge is -2.17. The number of ether oxygens (including phenoxy) is 1. The Hall–Kier alpha value is -2.88. The molecule has 1 N–H and O–H groups in total. The molecule has 37 heavy (non-hydrogen) atoms. The Morgan fingerprint density at radius 1 is 1.16 bits per heavy atom. The number of fused-ring (bicyclic) bond motifs is 1. The van der Waals surface area contributed by atoms with E-state index in [9.17, 15) is 22.8 Å². The van der Waals surface area contributed by atoms with Crippen LogP contribution < -0.4 is 5.32 Å². The van der Waals surface area contributed by atoms with Gasteiger partial charge in [0.2, 0.25) is 5.91 Å². The molecule has 3 rings (SSSR count).